The Labute approximate surface area is 130 Å². The molecule has 1 heterocycles. The van der Waals surface area contributed by atoms with Crippen molar-refractivity contribution in [3.8, 4) is 5.75 Å². The molecule has 0 bridgehead atoms. The summed E-state index contributed by atoms with van der Waals surface area (Å²) >= 11 is 0. The van der Waals surface area contributed by atoms with Gasteiger partial charge in [-0.15, -0.1) is 0 Å². The van der Waals surface area contributed by atoms with Gasteiger partial charge in [0.1, 0.15) is 5.75 Å². The molecular formula is C17H24N2O3. The van der Waals surface area contributed by atoms with Gasteiger partial charge in [0.25, 0.3) is 0 Å². The second-order valence-corrected chi connectivity index (χ2v) is 5.72. The molecule has 0 radical (unpaired) electrons. The summed E-state index contributed by atoms with van der Waals surface area (Å²) in [5, 5.41) is 24.7. The first-order valence-electron chi connectivity index (χ1n) is 7.76. The average molecular weight is 304 g/mol. The van der Waals surface area contributed by atoms with Crippen LogP contribution in [0.5, 0.6) is 5.75 Å². The van der Waals surface area contributed by atoms with Crippen molar-refractivity contribution in [1.29, 1.82) is 0 Å². The number of benzene rings is 1. The zero-order chi connectivity index (χ0) is 16.3. The normalized spacial score (nSPS) is 15.6. The van der Waals surface area contributed by atoms with Gasteiger partial charge in [0.15, 0.2) is 0 Å². The van der Waals surface area contributed by atoms with E-state index in [0.29, 0.717) is 22.5 Å². The van der Waals surface area contributed by atoms with E-state index >= 15 is 0 Å². The minimum atomic E-state index is -0.715. The summed E-state index contributed by atoms with van der Waals surface area (Å²) in [6, 6.07) is 6.48. The van der Waals surface area contributed by atoms with Crippen molar-refractivity contribution >= 4 is 10.9 Å². The molecule has 22 heavy (non-hydrogen) atoms. The van der Waals surface area contributed by atoms with Crippen LogP contribution in [0.4, 0.5) is 0 Å². The third-order valence-corrected chi connectivity index (χ3v) is 4.16. The van der Waals surface area contributed by atoms with Gasteiger partial charge in [-0.25, -0.2) is 0 Å². The number of aliphatic hydroxyl groups excluding tert-OH is 1. The number of hydrogen-bond acceptors (Lipinski definition) is 4. The third kappa shape index (κ3) is 3.31. The molecule has 3 unspecified atom stereocenters. The summed E-state index contributed by atoms with van der Waals surface area (Å²) in [7, 11) is 0. The zero-order valence-corrected chi connectivity index (χ0v) is 13.3. The summed E-state index contributed by atoms with van der Waals surface area (Å²) in [5.74, 6) is 0.00610. The number of aromatic hydroxyl groups is 1. The quantitative estimate of drug-likeness (QED) is 0.660. The van der Waals surface area contributed by atoms with Gasteiger partial charge in [0, 0.05) is 23.5 Å². The van der Waals surface area contributed by atoms with Crippen molar-refractivity contribution in [1.82, 2.24) is 10.3 Å². The molecule has 0 saturated heterocycles. The number of rotatable bonds is 6. The van der Waals surface area contributed by atoms with Crippen molar-refractivity contribution < 1.29 is 10.2 Å². The fourth-order valence-electron chi connectivity index (χ4n) is 2.65. The minimum Gasteiger partial charge on any atom is -0.506 e. The van der Waals surface area contributed by atoms with Gasteiger partial charge >= 0.3 is 0 Å². The first-order chi connectivity index (χ1) is 10.5. The number of aromatic amines is 1. The molecule has 5 nitrogen and oxygen atoms in total. The Kier molecular flexibility index (Phi) is 5.21. The van der Waals surface area contributed by atoms with E-state index in [1.54, 1.807) is 12.1 Å². The van der Waals surface area contributed by atoms with Crippen LogP contribution in [0.2, 0.25) is 0 Å². The maximum Gasteiger partial charge on any atom is 0.248 e. The molecule has 1 aromatic heterocycles. The van der Waals surface area contributed by atoms with Crippen LogP contribution in [0.1, 0.15) is 45.3 Å². The van der Waals surface area contributed by atoms with E-state index < -0.39 is 6.10 Å². The standard InChI is InChI=1S/C17H24N2O3/c1-4-10(3)18-13(5-2)17(22)12-6-8-14(20)16-11(12)7-9-15(21)19-16/h6-10,13,17-18,20,22H,4-5H2,1-3H3,(H,19,21). The zero-order valence-electron chi connectivity index (χ0n) is 13.3. The van der Waals surface area contributed by atoms with Gasteiger partial charge in [-0.3, -0.25) is 4.79 Å². The highest BCUT2D eigenvalue weighted by molar-refractivity contribution is 5.87. The molecule has 1 aromatic carbocycles. The maximum atomic E-state index is 11.4. The van der Waals surface area contributed by atoms with Crippen LogP contribution in [-0.2, 0) is 0 Å². The van der Waals surface area contributed by atoms with Crippen molar-refractivity contribution in [2.45, 2.75) is 51.8 Å². The number of phenolic OH excluding ortho intramolecular Hbond substituents is 1. The van der Waals surface area contributed by atoms with E-state index in [1.165, 1.54) is 12.1 Å². The molecule has 0 amide bonds. The van der Waals surface area contributed by atoms with E-state index in [-0.39, 0.29) is 17.4 Å². The number of hydrogen-bond donors (Lipinski definition) is 4. The molecule has 2 rings (SSSR count). The molecule has 5 heteroatoms. The maximum absolute atomic E-state index is 11.4. The van der Waals surface area contributed by atoms with Crippen molar-refractivity contribution in [2.24, 2.45) is 0 Å². The monoisotopic (exact) mass is 304 g/mol. The summed E-state index contributed by atoms with van der Waals surface area (Å²) in [4.78, 5) is 14.1. The fourth-order valence-corrected chi connectivity index (χ4v) is 2.65. The van der Waals surface area contributed by atoms with Crippen LogP contribution < -0.4 is 10.9 Å². The SMILES string of the molecule is CCC(C)NC(CC)C(O)c1ccc(O)c2[nH]c(=O)ccc12. The number of pyridine rings is 1. The Hall–Kier alpha value is -1.85. The Morgan fingerprint density at radius 2 is 1.91 bits per heavy atom. The van der Waals surface area contributed by atoms with Gasteiger partial charge < -0.3 is 20.5 Å². The molecule has 120 valence electrons. The second-order valence-electron chi connectivity index (χ2n) is 5.72. The van der Waals surface area contributed by atoms with E-state index in [1.807, 2.05) is 6.92 Å². The summed E-state index contributed by atoms with van der Waals surface area (Å²) in [5.41, 5.74) is 0.786. The predicted octanol–water partition coefficient (Wildman–Crippen LogP) is 2.43. The second kappa shape index (κ2) is 6.94. The largest absolute Gasteiger partial charge is 0.506 e. The molecule has 4 N–H and O–H groups in total. The van der Waals surface area contributed by atoms with Gasteiger partial charge in [-0.05, 0) is 37.5 Å². The van der Waals surface area contributed by atoms with E-state index in [4.69, 9.17) is 0 Å². The molecular weight excluding hydrogens is 280 g/mol. The number of nitrogens with one attached hydrogen (secondary N) is 2. The molecule has 0 aliphatic heterocycles. The Morgan fingerprint density at radius 3 is 2.55 bits per heavy atom. The van der Waals surface area contributed by atoms with Crippen molar-refractivity contribution in [2.75, 3.05) is 0 Å². The highest BCUT2D eigenvalue weighted by Gasteiger charge is 2.23. The highest BCUT2D eigenvalue weighted by atomic mass is 16.3. The molecule has 0 aliphatic rings. The number of fused-ring (bicyclic) bond motifs is 1. The van der Waals surface area contributed by atoms with Crippen LogP contribution in [0.25, 0.3) is 10.9 Å². The number of H-pyrrole nitrogens is 1. The van der Waals surface area contributed by atoms with Gasteiger partial charge in [0.2, 0.25) is 5.56 Å². The Balaban J connectivity index is 2.45. The van der Waals surface area contributed by atoms with E-state index in [2.05, 4.69) is 24.1 Å². The van der Waals surface area contributed by atoms with E-state index in [0.717, 1.165) is 12.8 Å². The van der Waals surface area contributed by atoms with Crippen LogP contribution in [0, 0.1) is 0 Å². The lowest BCUT2D eigenvalue weighted by Crippen LogP contribution is -2.40. The number of aromatic nitrogens is 1. The van der Waals surface area contributed by atoms with Crippen LogP contribution >= 0.6 is 0 Å². The van der Waals surface area contributed by atoms with Gasteiger partial charge in [-0.1, -0.05) is 19.9 Å². The van der Waals surface area contributed by atoms with Crippen molar-refractivity contribution in [3.63, 3.8) is 0 Å². The van der Waals surface area contributed by atoms with Crippen molar-refractivity contribution in [3.05, 3.63) is 40.2 Å². The summed E-state index contributed by atoms with van der Waals surface area (Å²) < 4.78 is 0. The number of aliphatic hydroxyl groups is 1. The van der Waals surface area contributed by atoms with Gasteiger partial charge in [-0.2, -0.15) is 0 Å². The lowest BCUT2D eigenvalue weighted by Gasteiger charge is -2.27. The average Bonchev–Trinajstić information content (AvgIpc) is 2.52. The minimum absolute atomic E-state index is 0.00610. The van der Waals surface area contributed by atoms with Crippen LogP contribution in [0.15, 0.2) is 29.1 Å². The third-order valence-electron chi connectivity index (χ3n) is 4.16. The van der Waals surface area contributed by atoms with E-state index in [9.17, 15) is 15.0 Å². The topological polar surface area (TPSA) is 85.3 Å². The highest BCUT2D eigenvalue weighted by Crippen LogP contribution is 2.30. The molecule has 2 aromatic rings. The molecule has 3 atom stereocenters. The van der Waals surface area contributed by atoms with Gasteiger partial charge in [0.05, 0.1) is 11.6 Å². The summed E-state index contributed by atoms with van der Waals surface area (Å²) in [6.45, 7) is 6.20. The molecule has 0 saturated carbocycles. The summed E-state index contributed by atoms with van der Waals surface area (Å²) in [6.07, 6.45) is 1.04. The predicted molar refractivity (Wildman–Crippen MR) is 88.2 cm³/mol. The fraction of sp³-hybridized carbons (Fsp3) is 0.471. The Bertz CT molecular complexity index is 696. The lowest BCUT2D eigenvalue weighted by molar-refractivity contribution is 0.121. The Morgan fingerprint density at radius 1 is 1.18 bits per heavy atom. The lowest BCUT2D eigenvalue weighted by atomic mass is 9.95. The smallest absolute Gasteiger partial charge is 0.248 e. The first-order valence-corrected chi connectivity index (χ1v) is 7.76. The van der Waals surface area contributed by atoms with Crippen LogP contribution in [-0.4, -0.2) is 27.3 Å². The number of phenols is 1. The molecule has 0 aliphatic carbocycles. The molecule has 0 spiro atoms. The van der Waals surface area contributed by atoms with Crippen LogP contribution in [0.3, 0.4) is 0 Å². The first kappa shape index (κ1) is 16.5. The molecule has 0 fully saturated rings.